The largest absolute Gasteiger partial charge is 0.472 e. The van der Waals surface area contributed by atoms with Gasteiger partial charge in [-0.05, 0) is 59.7 Å². The summed E-state index contributed by atoms with van der Waals surface area (Å²) in [6.45, 7) is 6.90. The van der Waals surface area contributed by atoms with Crippen LogP contribution in [0, 0.1) is 15.4 Å². The first-order valence-corrected chi connectivity index (χ1v) is 10.5. The number of nitrogens with zero attached hydrogens (tertiary/aromatic N) is 3. The highest BCUT2D eigenvalue weighted by Crippen LogP contribution is 2.26. The van der Waals surface area contributed by atoms with Crippen LogP contribution in [0.2, 0.25) is 0 Å². The second-order valence-electron chi connectivity index (χ2n) is 6.36. The first-order chi connectivity index (χ1) is 13.2. The highest BCUT2D eigenvalue weighted by atomic mass is 127. The van der Waals surface area contributed by atoms with Crippen molar-refractivity contribution < 1.29 is 4.74 Å². The molecular formula is C22H24IN3O. The summed E-state index contributed by atoms with van der Waals surface area (Å²) in [7, 11) is 0. The van der Waals surface area contributed by atoms with Crippen molar-refractivity contribution in [2.45, 2.75) is 52.7 Å². The second-order valence-corrected chi connectivity index (χ2v) is 7.52. The quantitative estimate of drug-likeness (QED) is 0.339. The van der Waals surface area contributed by atoms with Gasteiger partial charge in [0.25, 0.3) is 0 Å². The number of halogens is 1. The van der Waals surface area contributed by atoms with Gasteiger partial charge in [0.2, 0.25) is 5.88 Å². The lowest BCUT2D eigenvalue weighted by molar-refractivity contribution is 0.291. The van der Waals surface area contributed by atoms with Gasteiger partial charge in [0.15, 0.2) is 0 Å². The number of fused-ring (bicyclic) bond motifs is 1. The van der Waals surface area contributed by atoms with Crippen molar-refractivity contribution in [3.63, 3.8) is 0 Å². The SMILES string of the molecule is CCC#Cc1cc2cnn(C(CC)CC)c2cc1COc1ncccc1I. The molecule has 0 N–H and O–H groups in total. The molecule has 0 aliphatic heterocycles. The van der Waals surface area contributed by atoms with Crippen LogP contribution in [0.15, 0.2) is 36.7 Å². The molecule has 1 aromatic carbocycles. The lowest BCUT2D eigenvalue weighted by Crippen LogP contribution is -2.09. The third-order valence-electron chi connectivity index (χ3n) is 4.60. The molecule has 0 radical (unpaired) electrons. The standard InChI is InChI=1S/C22H24IN3O/c1-4-7-9-16-12-17-14-25-26(19(5-2)6-3)21(17)13-18(16)15-27-22-20(23)10-8-11-24-22/h8,10-14,19H,4-6,15H2,1-3H3. The van der Waals surface area contributed by atoms with Crippen LogP contribution in [0.25, 0.3) is 10.9 Å². The molecule has 5 heteroatoms. The molecule has 0 aliphatic rings. The molecule has 3 aromatic rings. The molecular weight excluding hydrogens is 449 g/mol. The predicted molar refractivity (Wildman–Crippen MR) is 118 cm³/mol. The van der Waals surface area contributed by atoms with Crippen LogP contribution in [-0.2, 0) is 6.61 Å². The average molecular weight is 473 g/mol. The van der Waals surface area contributed by atoms with Crippen LogP contribution < -0.4 is 4.74 Å². The van der Waals surface area contributed by atoms with Crippen molar-refractivity contribution in [1.82, 2.24) is 14.8 Å². The van der Waals surface area contributed by atoms with E-state index in [0.717, 1.165) is 44.9 Å². The molecule has 0 bridgehead atoms. The maximum absolute atomic E-state index is 6.01. The molecule has 3 rings (SSSR count). The van der Waals surface area contributed by atoms with Gasteiger partial charge in [0.1, 0.15) is 6.61 Å². The van der Waals surface area contributed by atoms with Crippen molar-refractivity contribution in [3.05, 3.63) is 51.4 Å². The molecule has 0 amide bonds. The van der Waals surface area contributed by atoms with Gasteiger partial charge in [0, 0.05) is 29.1 Å². The fraction of sp³-hybridized carbons (Fsp3) is 0.364. The number of ether oxygens (including phenoxy) is 1. The van der Waals surface area contributed by atoms with Crippen molar-refractivity contribution in [1.29, 1.82) is 0 Å². The van der Waals surface area contributed by atoms with E-state index in [1.807, 2.05) is 18.3 Å². The van der Waals surface area contributed by atoms with E-state index < -0.39 is 0 Å². The summed E-state index contributed by atoms with van der Waals surface area (Å²) in [5.41, 5.74) is 3.21. The molecule has 0 saturated heterocycles. The van der Waals surface area contributed by atoms with Gasteiger partial charge in [-0.15, -0.1) is 0 Å². The minimum absolute atomic E-state index is 0.403. The molecule has 4 nitrogen and oxygen atoms in total. The van der Waals surface area contributed by atoms with E-state index in [1.165, 1.54) is 0 Å². The fourth-order valence-electron chi connectivity index (χ4n) is 3.11. The first-order valence-electron chi connectivity index (χ1n) is 9.40. The number of aromatic nitrogens is 3. The Morgan fingerprint density at radius 3 is 2.74 bits per heavy atom. The van der Waals surface area contributed by atoms with E-state index in [-0.39, 0.29) is 0 Å². The molecule has 0 aliphatic carbocycles. The van der Waals surface area contributed by atoms with Crippen molar-refractivity contribution in [2.75, 3.05) is 0 Å². The summed E-state index contributed by atoms with van der Waals surface area (Å²) in [4.78, 5) is 4.33. The number of hydrogen-bond acceptors (Lipinski definition) is 3. The number of rotatable bonds is 6. The maximum atomic E-state index is 6.01. The van der Waals surface area contributed by atoms with Gasteiger partial charge >= 0.3 is 0 Å². The summed E-state index contributed by atoms with van der Waals surface area (Å²) in [6, 6.07) is 8.61. The van der Waals surface area contributed by atoms with Gasteiger partial charge in [0.05, 0.1) is 21.3 Å². The van der Waals surface area contributed by atoms with Crippen LogP contribution in [-0.4, -0.2) is 14.8 Å². The van der Waals surface area contributed by atoms with Crippen LogP contribution in [0.5, 0.6) is 5.88 Å². The van der Waals surface area contributed by atoms with Gasteiger partial charge < -0.3 is 4.74 Å². The zero-order chi connectivity index (χ0) is 19.2. The summed E-state index contributed by atoms with van der Waals surface area (Å²) in [6.07, 6.45) is 6.63. The summed E-state index contributed by atoms with van der Waals surface area (Å²) >= 11 is 2.24. The van der Waals surface area contributed by atoms with Crippen LogP contribution >= 0.6 is 22.6 Å². The highest BCUT2D eigenvalue weighted by molar-refractivity contribution is 14.1. The Hall–Kier alpha value is -2.07. The normalized spacial score (nSPS) is 10.9. The first kappa shape index (κ1) is 19.7. The van der Waals surface area contributed by atoms with E-state index in [2.05, 4.69) is 82.1 Å². The van der Waals surface area contributed by atoms with Gasteiger partial charge in [-0.1, -0.05) is 32.6 Å². The predicted octanol–water partition coefficient (Wildman–Crippen LogP) is 5.74. The number of pyridine rings is 1. The molecule has 140 valence electrons. The molecule has 2 aromatic heterocycles. The lowest BCUT2D eigenvalue weighted by atomic mass is 10.0. The lowest BCUT2D eigenvalue weighted by Gasteiger charge is -2.15. The molecule has 2 heterocycles. The molecule has 0 fully saturated rings. The molecule has 0 spiro atoms. The minimum atomic E-state index is 0.403. The van der Waals surface area contributed by atoms with Crippen molar-refractivity contribution in [3.8, 4) is 17.7 Å². The Labute approximate surface area is 174 Å². The Morgan fingerprint density at radius 2 is 2.04 bits per heavy atom. The van der Waals surface area contributed by atoms with Crippen LogP contribution in [0.4, 0.5) is 0 Å². The molecule has 0 atom stereocenters. The number of benzene rings is 1. The van der Waals surface area contributed by atoms with E-state index in [0.29, 0.717) is 18.5 Å². The Balaban J connectivity index is 2.01. The van der Waals surface area contributed by atoms with Crippen molar-refractivity contribution in [2.24, 2.45) is 0 Å². The van der Waals surface area contributed by atoms with E-state index >= 15 is 0 Å². The van der Waals surface area contributed by atoms with Gasteiger partial charge in [-0.3, -0.25) is 4.68 Å². The summed E-state index contributed by atoms with van der Waals surface area (Å²) < 4.78 is 9.14. The Morgan fingerprint density at radius 1 is 1.22 bits per heavy atom. The summed E-state index contributed by atoms with van der Waals surface area (Å²) in [5.74, 6) is 7.12. The Bertz CT molecular complexity index is 980. The monoisotopic (exact) mass is 473 g/mol. The average Bonchev–Trinajstić information content (AvgIpc) is 3.09. The van der Waals surface area contributed by atoms with Gasteiger partial charge in [-0.25, -0.2) is 4.98 Å². The topological polar surface area (TPSA) is 39.9 Å². The third kappa shape index (κ3) is 4.44. The molecule has 0 saturated carbocycles. The van der Waals surface area contributed by atoms with Gasteiger partial charge in [-0.2, -0.15) is 5.10 Å². The zero-order valence-electron chi connectivity index (χ0n) is 16.0. The van der Waals surface area contributed by atoms with Crippen LogP contribution in [0.3, 0.4) is 0 Å². The Kier molecular flexibility index (Phi) is 6.73. The maximum Gasteiger partial charge on any atom is 0.227 e. The van der Waals surface area contributed by atoms with Crippen molar-refractivity contribution >= 4 is 33.5 Å². The van der Waals surface area contributed by atoms with E-state index in [4.69, 9.17) is 4.74 Å². The molecule has 0 unspecified atom stereocenters. The minimum Gasteiger partial charge on any atom is -0.472 e. The fourth-order valence-corrected chi connectivity index (χ4v) is 3.61. The smallest absolute Gasteiger partial charge is 0.227 e. The van der Waals surface area contributed by atoms with E-state index in [1.54, 1.807) is 6.20 Å². The van der Waals surface area contributed by atoms with E-state index in [9.17, 15) is 0 Å². The highest BCUT2D eigenvalue weighted by Gasteiger charge is 2.14. The van der Waals surface area contributed by atoms with Crippen LogP contribution in [0.1, 0.15) is 57.2 Å². The number of hydrogen-bond donors (Lipinski definition) is 0. The molecule has 27 heavy (non-hydrogen) atoms. The third-order valence-corrected chi connectivity index (χ3v) is 5.42. The zero-order valence-corrected chi connectivity index (χ0v) is 18.2. The second kappa shape index (κ2) is 9.23. The summed E-state index contributed by atoms with van der Waals surface area (Å²) in [5, 5.41) is 5.77.